The zero-order valence-electron chi connectivity index (χ0n) is 10.6. The maximum absolute atomic E-state index is 12.2. The first-order chi connectivity index (χ1) is 9.11. The zero-order chi connectivity index (χ0) is 13.8. The molecule has 1 fully saturated rings. The van der Waals surface area contributed by atoms with Crippen LogP contribution in [0.4, 0.5) is 5.69 Å². The first-order valence-corrected chi connectivity index (χ1v) is 6.55. The van der Waals surface area contributed by atoms with E-state index in [1.54, 1.807) is 25.2 Å². The van der Waals surface area contributed by atoms with Crippen LogP contribution in [0, 0.1) is 0 Å². The fraction of sp³-hybridized carbons (Fsp3) is 0.385. The molecule has 3 N–H and O–H groups in total. The number of anilines is 1. The van der Waals surface area contributed by atoms with Gasteiger partial charge >= 0.3 is 0 Å². The lowest BCUT2D eigenvalue weighted by Gasteiger charge is -2.23. The van der Waals surface area contributed by atoms with Crippen molar-refractivity contribution in [1.82, 2.24) is 10.6 Å². The Bertz CT molecular complexity index is 505. The number of rotatable bonds is 3. The van der Waals surface area contributed by atoms with Gasteiger partial charge < -0.3 is 16.0 Å². The summed E-state index contributed by atoms with van der Waals surface area (Å²) in [6.07, 6.45) is 1.53. The van der Waals surface area contributed by atoms with E-state index in [4.69, 9.17) is 11.6 Å². The van der Waals surface area contributed by atoms with Crippen molar-refractivity contribution in [2.24, 2.45) is 0 Å². The number of hydrogen-bond acceptors (Lipinski definition) is 3. The normalized spacial score (nSPS) is 18.6. The number of piperidine rings is 1. The Morgan fingerprint density at radius 3 is 2.95 bits per heavy atom. The fourth-order valence-corrected chi connectivity index (χ4v) is 2.24. The van der Waals surface area contributed by atoms with E-state index in [-0.39, 0.29) is 11.8 Å². The summed E-state index contributed by atoms with van der Waals surface area (Å²) in [6, 6.07) is 4.56. The van der Waals surface area contributed by atoms with E-state index < -0.39 is 6.04 Å². The molecule has 0 bridgehead atoms. The maximum atomic E-state index is 12.2. The smallest absolute Gasteiger partial charge is 0.254 e. The second-order valence-corrected chi connectivity index (χ2v) is 4.84. The summed E-state index contributed by atoms with van der Waals surface area (Å²) < 4.78 is 0. The second-order valence-electron chi connectivity index (χ2n) is 4.40. The van der Waals surface area contributed by atoms with Crippen molar-refractivity contribution in [2.75, 3.05) is 18.9 Å². The van der Waals surface area contributed by atoms with E-state index in [0.717, 1.165) is 6.42 Å². The van der Waals surface area contributed by atoms with Crippen molar-refractivity contribution in [2.45, 2.75) is 18.9 Å². The molecular weight excluding hydrogens is 266 g/mol. The summed E-state index contributed by atoms with van der Waals surface area (Å²) in [5.74, 6) is -0.429. The highest BCUT2D eigenvalue weighted by Crippen LogP contribution is 2.20. The number of amides is 2. The summed E-state index contributed by atoms with van der Waals surface area (Å²) in [4.78, 5) is 23.8. The summed E-state index contributed by atoms with van der Waals surface area (Å²) >= 11 is 5.90. The van der Waals surface area contributed by atoms with Crippen molar-refractivity contribution in [1.29, 1.82) is 0 Å². The quantitative estimate of drug-likeness (QED) is 0.784. The average molecular weight is 282 g/mol. The molecule has 6 heteroatoms. The van der Waals surface area contributed by atoms with Crippen molar-refractivity contribution in [3.8, 4) is 0 Å². The lowest BCUT2D eigenvalue weighted by atomic mass is 10.1. The molecule has 0 aromatic heterocycles. The molecule has 1 aromatic carbocycles. The lowest BCUT2D eigenvalue weighted by Crippen LogP contribution is -2.50. The van der Waals surface area contributed by atoms with Gasteiger partial charge in [-0.2, -0.15) is 0 Å². The topological polar surface area (TPSA) is 70.2 Å². The highest BCUT2D eigenvalue weighted by molar-refractivity contribution is 6.31. The van der Waals surface area contributed by atoms with Crippen LogP contribution in [0.5, 0.6) is 0 Å². The second kappa shape index (κ2) is 5.93. The Hall–Kier alpha value is -1.75. The molecule has 1 saturated heterocycles. The molecule has 1 aliphatic heterocycles. The molecule has 0 radical (unpaired) electrons. The van der Waals surface area contributed by atoms with Crippen LogP contribution in [0.3, 0.4) is 0 Å². The Labute approximate surface area is 116 Å². The molecule has 19 heavy (non-hydrogen) atoms. The number of benzene rings is 1. The fourth-order valence-electron chi connectivity index (χ4n) is 2.07. The Morgan fingerprint density at radius 2 is 2.26 bits per heavy atom. The number of halogens is 1. The van der Waals surface area contributed by atoms with Gasteiger partial charge in [0.25, 0.3) is 5.91 Å². The molecule has 0 aliphatic carbocycles. The minimum atomic E-state index is -0.468. The molecule has 2 amide bonds. The van der Waals surface area contributed by atoms with E-state index in [1.807, 2.05) is 0 Å². The van der Waals surface area contributed by atoms with Crippen LogP contribution < -0.4 is 16.0 Å². The van der Waals surface area contributed by atoms with Gasteiger partial charge in [-0.15, -0.1) is 0 Å². The maximum Gasteiger partial charge on any atom is 0.254 e. The minimum absolute atomic E-state index is 0.132. The van der Waals surface area contributed by atoms with Gasteiger partial charge in [0.1, 0.15) is 6.04 Å². The van der Waals surface area contributed by atoms with E-state index in [1.165, 1.54) is 0 Å². The molecule has 1 heterocycles. The molecule has 0 saturated carbocycles. The minimum Gasteiger partial charge on any atom is -0.387 e. The van der Waals surface area contributed by atoms with Gasteiger partial charge in [0.15, 0.2) is 0 Å². The van der Waals surface area contributed by atoms with Crippen LogP contribution in [0.25, 0.3) is 0 Å². The third-order valence-corrected chi connectivity index (χ3v) is 3.32. The van der Waals surface area contributed by atoms with Gasteiger partial charge in [0.2, 0.25) is 5.91 Å². The Balaban J connectivity index is 2.15. The predicted octanol–water partition coefficient (Wildman–Crippen LogP) is 1.39. The van der Waals surface area contributed by atoms with Crippen molar-refractivity contribution >= 4 is 29.1 Å². The van der Waals surface area contributed by atoms with Crippen LogP contribution in [0.2, 0.25) is 5.02 Å². The largest absolute Gasteiger partial charge is 0.387 e. The third kappa shape index (κ3) is 3.17. The highest BCUT2D eigenvalue weighted by atomic mass is 35.5. The van der Waals surface area contributed by atoms with Gasteiger partial charge in [0, 0.05) is 24.3 Å². The Morgan fingerprint density at radius 1 is 1.47 bits per heavy atom. The van der Waals surface area contributed by atoms with Crippen molar-refractivity contribution < 1.29 is 9.59 Å². The Kier molecular flexibility index (Phi) is 4.27. The van der Waals surface area contributed by atoms with Crippen LogP contribution in [-0.2, 0) is 4.79 Å². The monoisotopic (exact) mass is 281 g/mol. The van der Waals surface area contributed by atoms with E-state index in [9.17, 15) is 9.59 Å². The van der Waals surface area contributed by atoms with Crippen molar-refractivity contribution in [3.05, 3.63) is 28.8 Å². The van der Waals surface area contributed by atoms with Gasteiger partial charge in [-0.3, -0.25) is 9.59 Å². The third-order valence-electron chi connectivity index (χ3n) is 3.09. The summed E-state index contributed by atoms with van der Waals surface area (Å²) in [7, 11) is 1.73. The number of hydrogen-bond donors (Lipinski definition) is 3. The van der Waals surface area contributed by atoms with Gasteiger partial charge in [-0.25, -0.2) is 0 Å². The number of nitrogens with one attached hydrogen (secondary N) is 3. The summed E-state index contributed by atoms with van der Waals surface area (Å²) in [5.41, 5.74) is 1.12. The standard InChI is InChI=1S/C13H16ClN3O2/c1-15-10-5-4-8(14)7-9(10)12(18)17-11-3-2-6-16-13(11)19/h4-5,7,11,15H,2-3,6H2,1H3,(H,16,19)(H,17,18). The molecule has 0 spiro atoms. The van der Waals surface area contributed by atoms with E-state index in [0.29, 0.717) is 29.2 Å². The van der Waals surface area contributed by atoms with Gasteiger partial charge in [-0.05, 0) is 31.0 Å². The number of carbonyl (C=O) groups is 2. The van der Waals surface area contributed by atoms with Gasteiger partial charge in [-0.1, -0.05) is 11.6 Å². The molecule has 5 nitrogen and oxygen atoms in total. The van der Waals surface area contributed by atoms with Gasteiger partial charge in [0.05, 0.1) is 5.56 Å². The predicted molar refractivity (Wildman–Crippen MR) is 74.5 cm³/mol. The zero-order valence-corrected chi connectivity index (χ0v) is 11.4. The molecule has 1 atom stereocenters. The molecule has 1 unspecified atom stereocenters. The molecule has 1 aliphatic rings. The summed E-state index contributed by atoms with van der Waals surface area (Å²) in [5, 5.41) is 8.89. The van der Waals surface area contributed by atoms with Crippen LogP contribution in [-0.4, -0.2) is 31.4 Å². The molecule has 1 aromatic rings. The average Bonchev–Trinajstić information content (AvgIpc) is 2.41. The van der Waals surface area contributed by atoms with Crippen LogP contribution >= 0.6 is 11.6 Å². The number of carbonyl (C=O) groups excluding carboxylic acids is 2. The van der Waals surface area contributed by atoms with E-state index in [2.05, 4.69) is 16.0 Å². The highest BCUT2D eigenvalue weighted by Gasteiger charge is 2.24. The van der Waals surface area contributed by atoms with E-state index >= 15 is 0 Å². The summed E-state index contributed by atoms with van der Waals surface area (Å²) in [6.45, 7) is 0.671. The lowest BCUT2D eigenvalue weighted by molar-refractivity contribution is -0.124. The van der Waals surface area contributed by atoms with Crippen LogP contribution in [0.1, 0.15) is 23.2 Å². The van der Waals surface area contributed by atoms with Crippen molar-refractivity contribution in [3.63, 3.8) is 0 Å². The molecule has 2 rings (SSSR count). The van der Waals surface area contributed by atoms with Crippen LogP contribution in [0.15, 0.2) is 18.2 Å². The first-order valence-electron chi connectivity index (χ1n) is 6.17. The molecular formula is C13H16ClN3O2. The SMILES string of the molecule is CNc1ccc(Cl)cc1C(=O)NC1CCCNC1=O. The molecule has 102 valence electrons. The first kappa shape index (κ1) is 13.7.